The van der Waals surface area contributed by atoms with Crippen LogP contribution in [0.4, 0.5) is 0 Å². The summed E-state index contributed by atoms with van der Waals surface area (Å²) in [6, 6.07) is 9.81. The lowest BCUT2D eigenvalue weighted by atomic mass is 9.96. The Morgan fingerprint density at radius 2 is 1.85 bits per heavy atom. The average Bonchev–Trinajstić information content (AvgIpc) is 3.42. The van der Waals surface area contributed by atoms with Crippen LogP contribution in [0, 0.1) is 13.8 Å². The molecule has 2 aromatic carbocycles. The lowest BCUT2D eigenvalue weighted by Crippen LogP contribution is -2.36. The van der Waals surface area contributed by atoms with E-state index in [4.69, 9.17) is 13.9 Å². The van der Waals surface area contributed by atoms with Crippen LogP contribution in [0.25, 0.3) is 11.0 Å². The van der Waals surface area contributed by atoms with Gasteiger partial charge in [-0.05, 0) is 67.6 Å². The van der Waals surface area contributed by atoms with Crippen molar-refractivity contribution in [1.29, 1.82) is 0 Å². The second-order valence-corrected chi connectivity index (χ2v) is 8.72. The summed E-state index contributed by atoms with van der Waals surface area (Å²) in [5, 5.41) is 0.458. The predicted molar refractivity (Wildman–Crippen MR) is 122 cm³/mol. The molecule has 5 rings (SSSR count). The van der Waals surface area contributed by atoms with Crippen LogP contribution in [0.15, 0.2) is 45.6 Å². The summed E-state index contributed by atoms with van der Waals surface area (Å²) in [6.07, 6.45) is 1.71. The molecular formula is C26H25NO6. The van der Waals surface area contributed by atoms with Gasteiger partial charge in [-0.3, -0.25) is 9.59 Å². The molecule has 1 aromatic heterocycles. The Balaban J connectivity index is 1.68. The number of methoxy groups -OCH3 is 1. The topological polar surface area (TPSA) is 86.0 Å². The number of carbonyl (C=O) groups is 2. The smallest absolute Gasteiger partial charge is 0.337 e. The number of hydrogen-bond donors (Lipinski definition) is 0. The lowest BCUT2D eigenvalue weighted by molar-refractivity contribution is 0.0486. The zero-order valence-corrected chi connectivity index (χ0v) is 18.8. The SMILES string of the molecule is COC(=O)c1ccc([C@H]2c3c(oc4cc(C)c(C)cc4c3=O)C(=O)N2C[C@@H]2CCCO2)cc1. The summed E-state index contributed by atoms with van der Waals surface area (Å²) in [4.78, 5) is 40.7. The number of amides is 1. The van der Waals surface area contributed by atoms with Crippen molar-refractivity contribution < 1.29 is 23.5 Å². The molecule has 3 heterocycles. The van der Waals surface area contributed by atoms with E-state index >= 15 is 0 Å². The van der Waals surface area contributed by atoms with Gasteiger partial charge in [0.05, 0.1) is 35.8 Å². The molecule has 0 aliphatic carbocycles. The molecule has 33 heavy (non-hydrogen) atoms. The van der Waals surface area contributed by atoms with Gasteiger partial charge in [0, 0.05) is 13.2 Å². The summed E-state index contributed by atoms with van der Waals surface area (Å²) in [5.74, 6) is -0.687. The van der Waals surface area contributed by atoms with Gasteiger partial charge in [-0.2, -0.15) is 0 Å². The molecule has 1 fully saturated rings. The van der Waals surface area contributed by atoms with Crippen LogP contribution >= 0.6 is 0 Å². The maximum Gasteiger partial charge on any atom is 0.337 e. The zero-order chi connectivity index (χ0) is 23.3. The van der Waals surface area contributed by atoms with Gasteiger partial charge in [-0.25, -0.2) is 4.79 Å². The van der Waals surface area contributed by atoms with Gasteiger partial charge in [0.15, 0.2) is 5.43 Å². The van der Waals surface area contributed by atoms with E-state index in [1.54, 1.807) is 29.2 Å². The first-order valence-corrected chi connectivity index (χ1v) is 11.1. The number of ether oxygens (including phenoxy) is 2. The van der Waals surface area contributed by atoms with Gasteiger partial charge < -0.3 is 18.8 Å². The van der Waals surface area contributed by atoms with Crippen LogP contribution < -0.4 is 5.43 Å². The van der Waals surface area contributed by atoms with Crippen LogP contribution in [0.5, 0.6) is 0 Å². The molecule has 7 heteroatoms. The Hall–Kier alpha value is -3.45. The second-order valence-electron chi connectivity index (χ2n) is 8.72. The summed E-state index contributed by atoms with van der Waals surface area (Å²) in [7, 11) is 1.32. The highest BCUT2D eigenvalue weighted by molar-refractivity contribution is 5.99. The number of nitrogens with zero attached hydrogens (tertiary/aromatic N) is 1. The van der Waals surface area contributed by atoms with E-state index in [2.05, 4.69) is 0 Å². The second kappa shape index (κ2) is 8.15. The molecule has 170 valence electrons. The molecule has 0 radical (unpaired) electrons. The number of rotatable bonds is 4. The Bertz CT molecular complexity index is 1320. The maximum absolute atomic E-state index is 13.7. The molecule has 0 N–H and O–H groups in total. The Morgan fingerprint density at radius 1 is 1.12 bits per heavy atom. The molecule has 2 aliphatic rings. The number of carbonyl (C=O) groups excluding carboxylic acids is 2. The Morgan fingerprint density at radius 3 is 2.52 bits per heavy atom. The number of aryl methyl sites for hydroxylation is 2. The Labute approximate surface area is 190 Å². The van der Waals surface area contributed by atoms with Crippen LogP contribution in [0.3, 0.4) is 0 Å². The fourth-order valence-electron chi connectivity index (χ4n) is 4.74. The van der Waals surface area contributed by atoms with Gasteiger partial charge in [0.25, 0.3) is 5.91 Å². The number of esters is 1. The summed E-state index contributed by atoms with van der Waals surface area (Å²) >= 11 is 0. The first kappa shape index (κ1) is 21.4. The maximum atomic E-state index is 13.7. The monoisotopic (exact) mass is 447 g/mol. The highest BCUT2D eigenvalue weighted by Crippen LogP contribution is 2.39. The third-order valence-electron chi connectivity index (χ3n) is 6.65. The molecule has 0 saturated carbocycles. The van der Waals surface area contributed by atoms with E-state index in [-0.39, 0.29) is 23.2 Å². The van der Waals surface area contributed by atoms with Crippen molar-refractivity contribution >= 4 is 22.8 Å². The molecule has 3 aromatic rings. The normalized spacial score (nSPS) is 19.8. The number of fused-ring (bicyclic) bond motifs is 2. The first-order valence-electron chi connectivity index (χ1n) is 11.1. The van der Waals surface area contributed by atoms with Gasteiger partial charge in [0.2, 0.25) is 5.76 Å². The van der Waals surface area contributed by atoms with Gasteiger partial charge in [0.1, 0.15) is 5.58 Å². The van der Waals surface area contributed by atoms with E-state index in [9.17, 15) is 14.4 Å². The van der Waals surface area contributed by atoms with Crippen molar-refractivity contribution in [2.45, 2.75) is 38.8 Å². The van der Waals surface area contributed by atoms with Gasteiger partial charge >= 0.3 is 5.97 Å². The molecular weight excluding hydrogens is 422 g/mol. The quantitative estimate of drug-likeness (QED) is 0.564. The van der Waals surface area contributed by atoms with Crippen molar-refractivity contribution in [2.24, 2.45) is 0 Å². The number of benzene rings is 2. The zero-order valence-electron chi connectivity index (χ0n) is 18.8. The molecule has 7 nitrogen and oxygen atoms in total. The molecule has 1 amide bonds. The summed E-state index contributed by atoms with van der Waals surface area (Å²) in [5.41, 5.74) is 3.63. The van der Waals surface area contributed by atoms with E-state index in [0.717, 1.165) is 29.5 Å². The average molecular weight is 447 g/mol. The van der Waals surface area contributed by atoms with E-state index in [1.807, 2.05) is 26.0 Å². The molecule has 1 saturated heterocycles. The molecule has 0 bridgehead atoms. The highest BCUT2D eigenvalue weighted by Gasteiger charge is 2.44. The van der Waals surface area contributed by atoms with Crippen LogP contribution in [-0.2, 0) is 9.47 Å². The molecule has 0 unspecified atom stereocenters. The minimum atomic E-state index is -0.620. The van der Waals surface area contributed by atoms with E-state index in [0.29, 0.717) is 35.2 Å². The minimum Gasteiger partial charge on any atom is -0.465 e. The van der Waals surface area contributed by atoms with Crippen LogP contribution in [0.2, 0.25) is 0 Å². The molecule has 2 atom stereocenters. The summed E-state index contributed by atoms with van der Waals surface area (Å²) < 4.78 is 16.6. The fourth-order valence-corrected chi connectivity index (χ4v) is 4.74. The van der Waals surface area contributed by atoms with Gasteiger partial charge in [-0.15, -0.1) is 0 Å². The Kier molecular flexibility index (Phi) is 5.29. The molecule has 0 spiro atoms. The van der Waals surface area contributed by atoms with Crippen molar-refractivity contribution in [2.75, 3.05) is 20.3 Å². The number of hydrogen-bond acceptors (Lipinski definition) is 6. The standard InChI is InChI=1S/C26H25NO6/c1-14-11-19-20(12-15(14)2)33-24-21(23(19)28)22(16-6-8-17(9-7-16)26(30)31-3)27(25(24)29)13-18-5-4-10-32-18/h6-9,11-12,18,22H,4-5,10,13H2,1-3H3/t18-,22-/m0/s1. The van der Waals surface area contributed by atoms with Gasteiger partial charge in [-0.1, -0.05) is 12.1 Å². The van der Waals surface area contributed by atoms with Crippen molar-refractivity contribution in [3.8, 4) is 0 Å². The highest BCUT2D eigenvalue weighted by atomic mass is 16.5. The molecule has 2 aliphatic heterocycles. The first-order chi connectivity index (χ1) is 15.9. The van der Waals surface area contributed by atoms with Crippen LogP contribution in [-0.4, -0.2) is 43.1 Å². The fraction of sp³-hybridized carbons (Fsp3) is 0.346. The van der Waals surface area contributed by atoms with Crippen molar-refractivity contribution in [1.82, 2.24) is 4.90 Å². The van der Waals surface area contributed by atoms with Crippen LogP contribution in [0.1, 0.15) is 62.1 Å². The third kappa shape index (κ3) is 3.53. The van der Waals surface area contributed by atoms with E-state index < -0.39 is 12.0 Å². The minimum absolute atomic E-state index is 0.0794. The predicted octanol–water partition coefficient (Wildman–Crippen LogP) is 3.92. The largest absolute Gasteiger partial charge is 0.465 e. The summed E-state index contributed by atoms with van der Waals surface area (Å²) in [6.45, 7) is 4.91. The van der Waals surface area contributed by atoms with Crippen molar-refractivity contribution in [3.05, 3.63) is 80.2 Å². The van der Waals surface area contributed by atoms with E-state index in [1.165, 1.54) is 7.11 Å². The third-order valence-corrected chi connectivity index (χ3v) is 6.65. The van der Waals surface area contributed by atoms with Crippen molar-refractivity contribution in [3.63, 3.8) is 0 Å². The lowest BCUT2D eigenvalue weighted by Gasteiger charge is -2.27.